The van der Waals surface area contributed by atoms with Crippen molar-refractivity contribution in [1.29, 1.82) is 0 Å². The summed E-state index contributed by atoms with van der Waals surface area (Å²) in [6.45, 7) is 0.831. The third-order valence-corrected chi connectivity index (χ3v) is 5.47. The molecule has 2 amide bonds. The van der Waals surface area contributed by atoms with Crippen LogP contribution >= 0.6 is 0 Å². The van der Waals surface area contributed by atoms with Crippen LogP contribution in [0.3, 0.4) is 0 Å². The minimum Gasteiger partial charge on any atom is -0.497 e. The minimum absolute atomic E-state index is 0.182. The lowest BCUT2D eigenvalue weighted by Gasteiger charge is -2.12. The molecule has 0 saturated carbocycles. The van der Waals surface area contributed by atoms with Gasteiger partial charge in [0.1, 0.15) is 11.5 Å². The van der Waals surface area contributed by atoms with Crippen molar-refractivity contribution in [3.05, 3.63) is 77.9 Å². The van der Waals surface area contributed by atoms with E-state index in [1.807, 2.05) is 42.5 Å². The highest BCUT2D eigenvalue weighted by atomic mass is 16.5. The zero-order valence-electron chi connectivity index (χ0n) is 20.8. The lowest BCUT2D eigenvalue weighted by molar-refractivity contribution is -0.116. The number of amides is 2. The first-order valence-corrected chi connectivity index (χ1v) is 11.7. The van der Waals surface area contributed by atoms with E-state index in [-0.39, 0.29) is 18.2 Å². The molecule has 0 bridgehead atoms. The minimum atomic E-state index is -0.255. The molecule has 0 aliphatic rings. The molecule has 8 heteroatoms. The predicted molar refractivity (Wildman–Crippen MR) is 138 cm³/mol. The fourth-order valence-corrected chi connectivity index (χ4v) is 3.55. The largest absolute Gasteiger partial charge is 0.497 e. The number of rotatable bonds is 13. The number of methoxy groups -OCH3 is 3. The first-order chi connectivity index (χ1) is 17.5. The number of hydrogen-bond acceptors (Lipinski definition) is 6. The fraction of sp³-hybridized carbons (Fsp3) is 0.286. The summed E-state index contributed by atoms with van der Waals surface area (Å²) in [5.41, 5.74) is 1.89. The topological polar surface area (TPSA) is 95.1 Å². The van der Waals surface area contributed by atoms with Crippen LogP contribution in [0.25, 0.3) is 0 Å². The summed E-state index contributed by atoms with van der Waals surface area (Å²) in [4.78, 5) is 25.2. The summed E-state index contributed by atoms with van der Waals surface area (Å²) in [6.07, 6.45) is 1.43. The van der Waals surface area contributed by atoms with E-state index in [9.17, 15) is 9.59 Å². The van der Waals surface area contributed by atoms with Crippen molar-refractivity contribution in [2.24, 2.45) is 0 Å². The number of ether oxygens (including phenoxy) is 4. The molecule has 0 heterocycles. The van der Waals surface area contributed by atoms with Gasteiger partial charge in [0.25, 0.3) is 5.91 Å². The van der Waals surface area contributed by atoms with E-state index in [0.29, 0.717) is 54.5 Å². The van der Waals surface area contributed by atoms with Crippen LogP contribution in [0.4, 0.5) is 5.69 Å². The second-order valence-corrected chi connectivity index (χ2v) is 7.92. The zero-order chi connectivity index (χ0) is 25.8. The maximum absolute atomic E-state index is 12.8. The van der Waals surface area contributed by atoms with E-state index < -0.39 is 0 Å². The van der Waals surface area contributed by atoms with E-state index in [2.05, 4.69) is 10.6 Å². The first kappa shape index (κ1) is 26.4. The van der Waals surface area contributed by atoms with E-state index in [4.69, 9.17) is 18.9 Å². The summed E-state index contributed by atoms with van der Waals surface area (Å²) in [6, 6.07) is 19.9. The van der Waals surface area contributed by atoms with Crippen molar-refractivity contribution < 1.29 is 28.5 Å². The van der Waals surface area contributed by atoms with Crippen LogP contribution in [0.5, 0.6) is 23.0 Å². The SMILES string of the molecule is COc1ccc(OCCCC(=O)Nc2ccccc2C(=O)NCCc2ccc(OC)c(OC)c2)cc1. The number of nitrogens with one attached hydrogen (secondary N) is 2. The van der Waals surface area contributed by atoms with Gasteiger partial charge in [-0.2, -0.15) is 0 Å². The maximum Gasteiger partial charge on any atom is 0.253 e. The summed E-state index contributed by atoms with van der Waals surface area (Å²) < 4.78 is 21.4. The standard InChI is InChI=1S/C28H32N2O6/c1-33-21-11-13-22(14-12-21)36-18-6-9-27(31)30-24-8-5-4-7-23(24)28(32)29-17-16-20-10-15-25(34-2)26(19-20)35-3/h4-5,7-8,10-15,19H,6,9,16-18H2,1-3H3,(H,29,32)(H,30,31). The third-order valence-electron chi connectivity index (χ3n) is 5.47. The van der Waals surface area contributed by atoms with Crippen LogP contribution < -0.4 is 29.6 Å². The van der Waals surface area contributed by atoms with Crippen LogP contribution in [-0.2, 0) is 11.2 Å². The second-order valence-electron chi connectivity index (χ2n) is 7.92. The van der Waals surface area contributed by atoms with Crippen molar-refractivity contribution in [2.45, 2.75) is 19.3 Å². The van der Waals surface area contributed by atoms with Crippen LogP contribution in [0.15, 0.2) is 66.7 Å². The molecule has 2 N–H and O–H groups in total. The number of para-hydroxylation sites is 1. The Balaban J connectivity index is 1.46. The van der Waals surface area contributed by atoms with Gasteiger partial charge < -0.3 is 29.6 Å². The third kappa shape index (κ3) is 7.66. The van der Waals surface area contributed by atoms with Crippen molar-refractivity contribution in [2.75, 3.05) is 39.8 Å². The summed E-state index contributed by atoms with van der Waals surface area (Å²) in [5.74, 6) is 2.33. The monoisotopic (exact) mass is 492 g/mol. The van der Waals surface area contributed by atoms with Crippen LogP contribution in [0, 0.1) is 0 Å². The van der Waals surface area contributed by atoms with Crippen molar-refractivity contribution in [1.82, 2.24) is 5.32 Å². The number of benzene rings is 3. The lowest BCUT2D eigenvalue weighted by atomic mass is 10.1. The van der Waals surface area contributed by atoms with Gasteiger partial charge in [-0.15, -0.1) is 0 Å². The molecule has 36 heavy (non-hydrogen) atoms. The predicted octanol–water partition coefficient (Wildman–Crippen LogP) is 4.48. The van der Waals surface area contributed by atoms with Crippen LogP contribution in [0.2, 0.25) is 0 Å². The van der Waals surface area contributed by atoms with E-state index in [0.717, 1.165) is 11.3 Å². The first-order valence-electron chi connectivity index (χ1n) is 11.7. The van der Waals surface area contributed by atoms with Gasteiger partial charge in [0.2, 0.25) is 5.91 Å². The van der Waals surface area contributed by atoms with Crippen molar-refractivity contribution in [3.8, 4) is 23.0 Å². The molecule has 0 aliphatic heterocycles. The van der Waals surface area contributed by atoms with Crippen LogP contribution in [-0.4, -0.2) is 46.3 Å². The van der Waals surface area contributed by atoms with Gasteiger partial charge >= 0.3 is 0 Å². The molecule has 8 nitrogen and oxygen atoms in total. The molecule has 0 radical (unpaired) electrons. The molecule has 3 aromatic rings. The maximum atomic E-state index is 12.8. The van der Waals surface area contributed by atoms with Crippen molar-refractivity contribution >= 4 is 17.5 Å². The van der Waals surface area contributed by atoms with Crippen LogP contribution in [0.1, 0.15) is 28.8 Å². The molecule has 0 aliphatic carbocycles. The summed E-state index contributed by atoms with van der Waals surface area (Å²) in [7, 11) is 4.78. The molecule has 0 spiro atoms. The number of anilines is 1. The fourth-order valence-electron chi connectivity index (χ4n) is 3.55. The Kier molecular flexibility index (Phi) is 10.00. The van der Waals surface area contributed by atoms with Gasteiger partial charge in [-0.1, -0.05) is 18.2 Å². The quantitative estimate of drug-likeness (QED) is 0.342. The number of hydrogen-bond donors (Lipinski definition) is 2. The average molecular weight is 493 g/mol. The van der Waals surface area contributed by atoms with Gasteiger partial charge in [-0.25, -0.2) is 0 Å². The molecule has 3 rings (SSSR count). The molecule has 0 atom stereocenters. The molecule has 0 saturated heterocycles. The van der Waals surface area contributed by atoms with Crippen molar-refractivity contribution in [3.63, 3.8) is 0 Å². The summed E-state index contributed by atoms with van der Waals surface area (Å²) in [5, 5.41) is 5.75. The Labute approximate surface area is 211 Å². The Morgan fingerprint density at radius 3 is 2.25 bits per heavy atom. The van der Waals surface area contributed by atoms with E-state index >= 15 is 0 Å². The normalized spacial score (nSPS) is 10.3. The lowest BCUT2D eigenvalue weighted by Crippen LogP contribution is -2.27. The highest BCUT2D eigenvalue weighted by Gasteiger charge is 2.13. The Bertz CT molecular complexity index is 1150. The molecule has 0 aromatic heterocycles. The van der Waals surface area contributed by atoms with Gasteiger partial charge in [0.15, 0.2) is 11.5 Å². The average Bonchev–Trinajstić information content (AvgIpc) is 2.91. The summed E-state index contributed by atoms with van der Waals surface area (Å²) >= 11 is 0. The molecule has 190 valence electrons. The highest BCUT2D eigenvalue weighted by Crippen LogP contribution is 2.27. The molecule has 0 fully saturated rings. The van der Waals surface area contributed by atoms with E-state index in [1.54, 1.807) is 45.6 Å². The Hall–Kier alpha value is -4.20. The molecule has 0 unspecified atom stereocenters. The smallest absolute Gasteiger partial charge is 0.253 e. The molecular formula is C28H32N2O6. The zero-order valence-corrected chi connectivity index (χ0v) is 20.8. The number of carbonyl (C=O) groups excluding carboxylic acids is 2. The van der Waals surface area contributed by atoms with Gasteiger partial charge in [0.05, 0.1) is 39.2 Å². The highest BCUT2D eigenvalue weighted by molar-refractivity contribution is 6.03. The number of carbonyl (C=O) groups is 2. The van der Waals surface area contributed by atoms with Gasteiger partial charge in [-0.3, -0.25) is 9.59 Å². The van der Waals surface area contributed by atoms with E-state index in [1.165, 1.54) is 0 Å². The van der Waals surface area contributed by atoms with Gasteiger partial charge in [-0.05, 0) is 66.9 Å². The Morgan fingerprint density at radius 2 is 1.53 bits per heavy atom. The van der Waals surface area contributed by atoms with Gasteiger partial charge in [0, 0.05) is 13.0 Å². The Morgan fingerprint density at radius 1 is 0.806 bits per heavy atom. The second kappa shape index (κ2) is 13.6. The molecule has 3 aromatic carbocycles. The molecular weight excluding hydrogens is 460 g/mol.